The van der Waals surface area contributed by atoms with Crippen LogP contribution in [0.1, 0.15) is 0 Å². The molecule has 0 unspecified atom stereocenters. The normalized spacial score (nSPS) is 10.2. The van der Waals surface area contributed by atoms with Gasteiger partial charge in [0.05, 0.1) is 5.69 Å². The summed E-state index contributed by atoms with van der Waals surface area (Å²) in [6.07, 6.45) is 1.27. The van der Waals surface area contributed by atoms with Gasteiger partial charge in [-0.05, 0) is 22.6 Å². The SMILES string of the molecule is O=C(Cn1cnnn1)Nc1ccc(O)cc1F. The van der Waals surface area contributed by atoms with E-state index < -0.39 is 11.7 Å². The number of hydrogen-bond donors (Lipinski definition) is 2. The first-order valence-corrected chi connectivity index (χ1v) is 4.64. The van der Waals surface area contributed by atoms with E-state index in [2.05, 4.69) is 20.8 Å². The Morgan fingerprint density at radius 1 is 1.53 bits per heavy atom. The van der Waals surface area contributed by atoms with E-state index in [-0.39, 0.29) is 18.0 Å². The highest BCUT2D eigenvalue weighted by atomic mass is 19.1. The number of hydrogen-bond acceptors (Lipinski definition) is 5. The third-order valence-electron chi connectivity index (χ3n) is 1.92. The van der Waals surface area contributed by atoms with Gasteiger partial charge in [0.15, 0.2) is 0 Å². The molecule has 88 valence electrons. The van der Waals surface area contributed by atoms with E-state index in [1.807, 2.05) is 0 Å². The summed E-state index contributed by atoms with van der Waals surface area (Å²) in [5.74, 6) is -1.39. The maximum absolute atomic E-state index is 13.3. The molecule has 0 saturated carbocycles. The third kappa shape index (κ3) is 2.74. The lowest BCUT2D eigenvalue weighted by Gasteiger charge is -2.05. The molecule has 0 aliphatic rings. The Bertz CT molecular complexity index is 528. The quantitative estimate of drug-likeness (QED) is 0.741. The molecule has 0 bridgehead atoms. The Balaban J connectivity index is 2.03. The van der Waals surface area contributed by atoms with Crippen LogP contribution in [-0.4, -0.2) is 31.2 Å². The van der Waals surface area contributed by atoms with E-state index in [4.69, 9.17) is 5.11 Å². The molecule has 0 atom stereocenters. The minimum Gasteiger partial charge on any atom is -0.508 e. The van der Waals surface area contributed by atoms with Crippen molar-refractivity contribution in [2.75, 3.05) is 5.32 Å². The molecule has 0 aliphatic carbocycles. The zero-order valence-corrected chi connectivity index (χ0v) is 8.54. The molecule has 0 aliphatic heterocycles. The molecule has 1 aromatic carbocycles. The van der Waals surface area contributed by atoms with Gasteiger partial charge in [-0.1, -0.05) is 0 Å². The number of amides is 1. The molecule has 8 heteroatoms. The number of rotatable bonds is 3. The van der Waals surface area contributed by atoms with Gasteiger partial charge in [0.2, 0.25) is 5.91 Å². The molecule has 1 amide bonds. The number of nitrogens with zero attached hydrogens (tertiary/aromatic N) is 4. The highest BCUT2D eigenvalue weighted by molar-refractivity contribution is 5.90. The summed E-state index contributed by atoms with van der Waals surface area (Å²) in [5.41, 5.74) is -0.0131. The van der Waals surface area contributed by atoms with Crippen molar-refractivity contribution in [1.29, 1.82) is 0 Å². The van der Waals surface area contributed by atoms with Crippen LogP contribution in [-0.2, 0) is 11.3 Å². The van der Waals surface area contributed by atoms with Crippen LogP contribution in [0.25, 0.3) is 0 Å². The van der Waals surface area contributed by atoms with Crippen molar-refractivity contribution in [3.8, 4) is 5.75 Å². The van der Waals surface area contributed by atoms with Crippen LogP contribution < -0.4 is 5.32 Å². The van der Waals surface area contributed by atoms with Gasteiger partial charge in [-0.15, -0.1) is 5.10 Å². The number of carbonyl (C=O) groups is 1. The first-order valence-electron chi connectivity index (χ1n) is 4.64. The minimum absolute atomic E-state index is 0.0131. The lowest BCUT2D eigenvalue weighted by Crippen LogP contribution is -2.19. The van der Waals surface area contributed by atoms with Crippen LogP contribution >= 0.6 is 0 Å². The summed E-state index contributed by atoms with van der Waals surface area (Å²) in [7, 11) is 0. The lowest BCUT2D eigenvalue weighted by molar-refractivity contribution is -0.117. The van der Waals surface area contributed by atoms with Crippen molar-refractivity contribution in [3.05, 3.63) is 30.3 Å². The second kappa shape index (κ2) is 4.56. The smallest absolute Gasteiger partial charge is 0.246 e. The molecule has 0 radical (unpaired) electrons. The molecule has 1 heterocycles. The third-order valence-corrected chi connectivity index (χ3v) is 1.92. The number of anilines is 1. The maximum Gasteiger partial charge on any atom is 0.246 e. The number of benzene rings is 1. The first-order chi connectivity index (χ1) is 8.15. The van der Waals surface area contributed by atoms with Crippen molar-refractivity contribution in [1.82, 2.24) is 20.2 Å². The minimum atomic E-state index is -0.713. The molecule has 7 nitrogen and oxygen atoms in total. The van der Waals surface area contributed by atoms with Crippen LogP contribution in [0.4, 0.5) is 10.1 Å². The number of carbonyl (C=O) groups excluding carboxylic acids is 1. The van der Waals surface area contributed by atoms with Crippen LogP contribution in [0.5, 0.6) is 5.75 Å². The van der Waals surface area contributed by atoms with E-state index in [1.165, 1.54) is 23.1 Å². The Kier molecular flexibility index (Phi) is 2.95. The molecule has 17 heavy (non-hydrogen) atoms. The van der Waals surface area contributed by atoms with E-state index in [1.54, 1.807) is 0 Å². The lowest BCUT2D eigenvalue weighted by atomic mass is 10.3. The van der Waals surface area contributed by atoms with Gasteiger partial charge in [0.1, 0.15) is 24.4 Å². The van der Waals surface area contributed by atoms with E-state index in [0.29, 0.717) is 0 Å². The molecular formula is C9H8FN5O2. The van der Waals surface area contributed by atoms with Gasteiger partial charge in [0, 0.05) is 6.07 Å². The molecule has 0 saturated heterocycles. The zero-order chi connectivity index (χ0) is 12.3. The van der Waals surface area contributed by atoms with Gasteiger partial charge in [0.25, 0.3) is 0 Å². The van der Waals surface area contributed by atoms with Gasteiger partial charge >= 0.3 is 0 Å². The van der Waals surface area contributed by atoms with Gasteiger partial charge in [-0.2, -0.15) is 0 Å². The number of phenols is 1. The number of tetrazole rings is 1. The van der Waals surface area contributed by atoms with E-state index >= 15 is 0 Å². The number of aromatic nitrogens is 4. The summed E-state index contributed by atoms with van der Waals surface area (Å²) in [4.78, 5) is 11.5. The van der Waals surface area contributed by atoms with Crippen LogP contribution in [0, 0.1) is 5.82 Å². The fourth-order valence-corrected chi connectivity index (χ4v) is 1.19. The predicted octanol–water partition coefficient (Wildman–Crippen LogP) is 0.156. The molecule has 2 rings (SSSR count). The molecular weight excluding hydrogens is 229 g/mol. The predicted molar refractivity (Wildman–Crippen MR) is 54.5 cm³/mol. The van der Waals surface area contributed by atoms with Crippen molar-refractivity contribution in [2.45, 2.75) is 6.54 Å². The summed E-state index contributed by atoms with van der Waals surface area (Å²) in [5, 5.41) is 21.5. The summed E-state index contributed by atoms with van der Waals surface area (Å²) >= 11 is 0. The number of nitrogens with one attached hydrogen (secondary N) is 1. The first kappa shape index (κ1) is 11.0. The van der Waals surface area contributed by atoms with Crippen molar-refractivity contribution in [3.63, 3.8) is 0 Å². The van der Waals surface area contributed by atoms with Crippen LogP contribution in [0.2, 0.25) is 0 Å². The summed E-state index contributed by atoms with van der Waals surface area (Å²) in [6, 6.07) is 3.45. The number of aromatic hydroxyl groups is 1. The summed E-state index contributed by atoms with van der Waals surface area (Å²) in [6.45, 7) is -0.118. The standard InChI is InChI=1S/C9H8FN5O2/c10-7-3-6(16)1-2-8(7)12-9(17)4-15-5-11-13-14-15/h1-3,5,16H,4H2,(H,12,17). The molecule has 1 aromatic heterocycles. The second-order valence-electron chi connectivity index (χ2n) is 3.22. The fraction of sp³-hybridized carbons (Fsp3) is 0.111. The highest BCUT2D eigenvalue weighted by Gasteiger charge is 2.08. The van der Waals surface area contributed by atoms with Gasteiger partial charge in [-0.25, -0.2) is 9.07 Å². The molecule has 0 spiro atoms. The molecule has 0 fully saturated rings. The van der Waals surface area contributed by atoms with Gasteiger partial charge in [-0.3, -0.25) is 4.79 Å². The van der Waals surface area contributed by atoms with Crippen molar-refractivity contribution in [2.24, 2.45) is 0 Å². The fourth-order valence-electron chi connectivity index (χ4n) is 1.19. The maximum atomic E-state index is 13.3. The Hall–Kier alpha value is -2.51. The molecule has 2 N–H and O–H groups in total. The number of phenolic OH excluding ortho intramolecular Hbond substituents is 1. The summed E-state index contributed by atoms with van der Waals surface area (Å²) < 4.78 is 14.5. The molecule has 2 aromatic rings. The van der Waals surface area contributed by atoms with E-state index in [9.17, 15) is 9.18 Å². The van der Waals surface area contributed by atoms with Crippen molar-refractivity contribution < 1.29 is 14.3 Å². The van der Waals surface area contributed by atoms with Crippen LogP contribution in [0.15, 0.2) is 24.5 Å². The Morgan fingerprint density at radius 3 is 3.00 bits per heavy atom. The largest absolute Gasteiger partial charge is 0.508 e. The number of halogens is 1. The second-order valence-corrected chi connectivity index (χ2v) is 3.22. The van der Waals surface area contributed by atoms with Crippen LogP contribution in [0.3, 0.4) is 0 Å². The average molecular weight is 237 g/mol. The van der Waals surface area contributed by atoms with Crippen molar-refractivity contribution >= 4 is 11.6 Å². The Morgan fingerprint density at radius 2 is 2.35 bits per heavy atom. The highest BCUT2D eigenvalue weighted by Crippen LogP contribution is 2.19. The topological polar surface area (TPSA) is 92.9 Å². The van der Waals surface area contributed by atoms with E-state index in [0.717, 1.165) is 6.07 Å². The monoisotopic (exact) mass is 237 g/mol. The average Bonchev–Trinajstić information content (AvgIpc) is 2.75. The Labute approximate surface area is 94.9 Å². The zero-order valence-electron chi connectivity index (χ0n) is 8.54. The van der Waals surface area contributed by atoms with Gasteiger partial charge < -0.3 is 10.4 Å².